The van der Waals surface area contributed by atoms with E-state index in [1.54, 1.807) is 0 Å². The lowest BCUT2D eigenvalue weighted by Crippen LogP contribution is -1.82. The Kier molecular flexibility index (Phi) is 6.81. The Morgan fingerprint density at radius 1 is 0.250 bits per heavy atom. The highest BCUT2D eigenvalue weighted by Crippen LogP contribution is 2.47. The number of hydrogen-bond acceptors (Lipinski definition) is 2. The normalized spacial score (nSPS) is 12.7. The van der Waals surface area contributed by atoms with Crippen LogP contribution in [0.15, 0.2) is 227 Å². The average Bonchev–Trinajstić information content (AvgIpc) is 4.29. The maximum Gasteiger partial charge on any atom is 0.143 e. The van der Waals surface area contributed by atoms with Crippen molar-refractivity contribution in [3.05, 3.63) is 218 Å². The van der Waals surface area contributed by atoms with Crippen molar-refractivity contribution >= 4 is 142 Å². The van der Waals surface area contributed by atoms with E-state index in [0.717, 1.165) is 71.7 Å². The minimum Gasteiger partial charge on any atom is -0.456 e. The highest BCUT2D eigenvalue weighted by atomic mass is 16.3. The van der Waals surface area contributed by atoms with Crippen LogP contribution in [0, 0.1) is 0 Å². The number of benzene rings is 12. The summed E-state index contributed by atoms with van der Waals surface area (Å²) in [5.41, 5.74) is 17.8. The van der Waals surface area contributed by atoms with Crippen LogP contribution in [0.3, 0.4) is 0 Å². The zero-order valence-corrected chi connectivity index (χ0v) is 38.5. The van der Waals surface area contributed by atoms with E-state index in [9.17, 15) is 0 Å². The largest absolute Gasteiger partial charge is 0.456 e. The molecule has 0 spiro atoms. The first-order valence-corrected chi connectivity index (χ1v) is 24.8. The molecule has 0 radical (unpaired) electrons. The Bertz CT molecular complexity index is 5410. The molecule has 12 aromatic carbocycles. The summed E-state index contributed by atoms with van der Waals surface area (Å²) in [6, 6.07) is 80.3. The summed E-state index contributed by atoms with van der Waals surface area (Å²) in [5.74, 6) is 0. The molecule has 0 N–H and O–H groups in total. The molecule has 72 heavy (non-hydrogen) atoms. The summed E-state index contributed by atoms with van der Waals surface area (Å²) >= 11 is 0. The predicted octanol–water partition coefficient (Wildman–Crippen LogP) is 19.1. The van der Waals surface area contributed by atoms with Gasteiger partial charge in [-0.3, -0.25) is 0 Å². The number of para-hydroxylation sites is 3. The first kappa shape index (κ1) is 37.3. The number of furan rings is 2. The third kappa shape index (κ3) is 4.67. The maximum atomic E-state index is 6.93. The fourth-order valence-corrected chi connectivity index (χ4v) is 13.2. The van der Waals surface area contributed by atoms with Gasteiger partial charge in [-0.1, -0.05) is 133 Å². The molecular formula is C68H36N2O2. The second-order valence-electron chi connectivity index (χ2n) is 19.9. The summed E-state index contributed by atoms with van der Waals surface area (Å²) < 4.78 is 18.4. The van der Waals surface area contributed by atoms with Crippen LogP contribution in [0.25, 0.3) is 175 Å². The number of nitrogens with zero attached hydrogens (tertiary/aromatic N) is 2. The van der Waals surface area contributed by atoms with E-state index in [4.69, 9.17) is 8.83 Å². The summed E-state index contributed by atoms with van der Waals surface area (Å²) in [6.07, 6.45) is 0. The average molecular weight is 913 g/mol. The molecule has 18 aromatic rings. The lowest BCUT2D eigenvalue weighted by atomic mass is 9.97. The van der Waals surface area contributed by atoms with E-state index in [0.29, 0.717) is 0 Å². The quantitative estimate of drug-likeness (QED) is 0.177. The van der Waals surface area contributed by atoms with Gasteiger partial charge in [-0.25, -0.2) is 0 Å². The number of hydrogen-bond donors (Lipinski definition) is 0. The van der Waals surface area contributed by atoms with E-state index < -0.39 is 0 Å². The fourth-order valence-electron chi connectivity index (χ4n) is 13.2. The summed E-state index contributed by atoms with van der Waals surface area (Å²) in [6.45, 7) is 0. The Morgan fingerprint density at radius 3 is 1.32 bits per heavy atom. The van der Waals surface area contributed by atoms with Crippen LogP contribution in [0.1, 0.15) is 0 Å². The minimum absolute atomic E-state index is 0.870. The van der Waals surface area contributed by atoms with Crippen molar-refractivity contribution in [2.45, 2.75) is 0 Å². The number of fused-ring (bicyclic) bond motifs is 22. The molecule has 18 rings (SSSR count). The highest BCUT2D eigenvalue weighted by Gasteiger charge is 2.23. The third-order valence-electron chi connectivity index (χ3n) is 16.3. The molecule has 0 atom stereocenters. The Hall–Kier alpha value is -9.64. The molecule has 0 saturated carbocycles. The molecule has 4 nitrogen and oxygen atoms in total. The molecule has 0 aliphatic carbocycles. The molecule has 6 aromatic heterocycles. The van der Waals surface area contributed by atoms with E-state index in [1.165, 1.54) is 103 Å². The van der Waals surface area contributed by atoms with Gasteiger partial charge in [0.05, 0.1) is 33.1 Å². The second kappa shape index (κ2) is 13.2. The van der Waals surface area contributed by atoms with E-state index in [2.05, 4.69) is 227 Å². The highest BCUT2D eigenvalue weighted by molar-refractivity contribution is 6.33. The van der Waals surface area contributed by atoms with Crippen LogP contribution >= 0.6 is 0 Å². The van der Waals surface area contributed by atoms with Crippen molar-refractivity contribution < 1.29 is 8.83 Å². The van der Waals surface area contributed by atoms with Crippen LogP contribution in [-0.2, 0) is 0 Å². The molecule has 0 aliphatic rings. The van der Waals surface area contributed by atoms with Crippen molar-refractivity contribution in [2.24, 2.45) is 0 Å². The topological polar surface area (TPSA) is 35.1 Å². The van der Waals surface area contributed by atoms with Crippen LogP contribution in [0.2, 0.25) is 0 Å². The first-order chi connectivity index (χ1) is 35.7. The molecule has 4 heteroatoms. The van der Waals surface area contributed by atoms with Crippen molar-refractivity contribution in [3.63, 3.8) is 0 Å². The van der Waals surface area contributed by atoms with Crippen LogP contribution < -0.4 is 0 Å². The molecule has 0 unspecified atom stereocenters. The van der Waals surface area contributed by atoms with Gasteiger partial charge in [-0.2, -0.15) is 0 Å². The first-order valence-electron chi connectivity index (χ1n) is 24.8. The number of rotatable bonds is 3. The SMILES string of the molecule is c1ccc2c(c1)cc1c3cc(-c4ccc5oc6ccc(-c7ccc8c(c7)oc7c(-c9ccc%10c(c9)c9cc%11ccccc%11c%11c%12ccccc%12n%10c9%11)cccc78)cc6c5c4)ccc3n3c4ccccc4c2c13. The molecule has 6 heterocycles. The monoisotopic (exact) mass is 912 g/mol. The van der Waals surface area contributed by atoms with Gasteiger partial charge >= 0.3 is 0 Å². The van der Waals surface area contributed by atoms with Crippen LogP contribution in [0.4, 0.5) is 0 Å². The van der Waals surface area contributed by atoms with Gasteiger partial charge in [0, 0.05) is 70.2 Å². The standard InChI is InChI=1S/C68H36N2O2/c1-3-12-44-41(10-1)34-55-51-30-37(21-26-59(51)69-57-18-7-5-14-49(57)64(44)66(55)69)38-23-28-61-53(31-38)54-32-39(24-29-62(54)71-61)40-20-25-47-48-17-9-16-46(68(48)72-63(47)36-40)43-22-27-60-52(33-43)56-35-42-11-2-4-13-45(42)65-50-15-6-8-19-58(50)70(60)67(56)65/h1-36H. The predicted molar refractivity (Wildman–Crippen MR) is 302 cm³/mol. The van der Waals surface area contributed by atoms with Crippen LogP contribution in [0.5, 0.6) is 0 Å². The molecule has 330 valence electrons. The van der Waals surface area contributed by atoms with Gasteiger partial charge < -0.3 is 17.6 Å². The van der Waals surface area contributed by atoms with Crippen molar-refractivity contribution in [1.29, 1.82) is 0 Å². The molecule has 0 aliphatic heterocycles. The second-order valence-corrected chi connectivity index (χ2v) is 19.9. The Morgan fingerprint density at radius 2 is 0.708 bits per heavy atom. The van der Waals surface area contributed by atoms with E-state index >= 15 is 0 Å². The third-order valence-corrected chi connectivity index (χ3v) is 16.3. The van der Waals surface area contributed by atoms with Crippen molar-refractivity contribution in [3.8, 4) is 33.4 Å². The van der Waals surface area contributed by atoms with Gasteiger partial charge in [0.15, 0.2) is 0 Å². The maximum absolute atomic E-state index is 6.93. The van der Waals surface area contributed by atoms with Crippen molar-refractivity contribution in [2.75, 3.05) is 0 Å². The smallest absolute Gasteiger partial charge is 0.143 e. The minimum atomic E-state index is 0.870. The van der Waals surface area contributed by atoms with Crippen LogP contribution in [-0.4, -0.2) is 8.80 Å². The Labute approximate surface area is 409 Å². The van der Waals surface area contributed by atoms with Gasteiger partial charge in [0.2, 0.25) is 0 Å². The number of aromatic nitrogens is 2. The summed E-state index contributed by atoms with van der Waals surface area (Å²) in [7, 11) is 0. The molecular weight excluding hydrogens is 877 g/mol. The molecule has 0 amide bonds. The van der Waals surface area contributed by atoms with Crippen molar-refractivity contribution in [1.82, 2.24) is 8.80 Å². The molecule has 0 fully saturated rings. The summed E-state index contributed by atoms with van der Waals surface area (Å²) in [4.78, 5) is 0. The fraction of sp³-hybridized carbons (Fsp3) is 0. The molecule has 0 bridgehead atoms. The van der Waals surface area contributed by atoms with E-state index in [-0.39, 0.29) is 0 Å². The Balaban J connectivity index is 0.751. The molecule has 0 saturated heterocycles. The zero-order valence-electron chi connectivity index (χ0n) is 38.5. The van der Waals surface area contributed by atoms with E-state index in [1.807, 2.05) is 0 Å². The lowest BCUT2D eigenvalue weighted by molar-refractivity contribution is 0.669. The van der Waals surface area contributed by atoms with Gasteiger partial charge in [-0.05, 0) is 134 Å². The lowest BCUT2D eigenvalue weighted by Gasteiger charge is -2.05. The van der Waals surface area contributed by atoms with Gasteiger partial charge in [0.25, 0.3) is 0 Å². The zero-order chi connectivity index (χ0) is 46.5. The van der Waals surface area contributed by atoms with Gasteiger partial charge in [-0.15, -0.1) is 0 Å². The summed E-state index contributed by atoms with van der Waals surface area (Å²) in [5, 5.41) is 19.8. The van der Waals surface area contributed by atoms with Gasteiger partial charge in [0.1, 0.15) is 22.3 Å².